The van der Waals surface area contributed by atoms with E-state index in [2.05, 4.69) is 9.50 Å². The first kappa shape index (κ1) is 23.1. The predicted octanol–water partition coefficient (Wildman–Crippen LogP) is 4.82. The SMILES string of the molecule is C.C.CCC(C)(C)C(=O)Nc1cccc2cccc(S(=O)(=O)OC)c12. The summed E-state index contributed by atoms with van der Waals surface area (Å²) in [5.41, 5.74) is -0.0812. The van der Waals surface area contributed by atoms with E-state index in [0.717, 1.165) is 12.5 Å². The zero-order chi connectivity index (χ0) is 17.3. The van der Waals surface area contributed by atoms with Crippen molar-refractivity contribution in [3.63, 3.8) is 0 Å². The lowest BCUT2D eigenvalue weighted by Gasteiger charge is -2.22. The maximum absolute atomic E-state index is 12.4. The highest BCUT2D eigenvalue weighted by atomic mass is 32.2. The quantitative estimate of drug-likeness (QED) is 0.769. The molecule has 1 N–H and O–H groups in total. The van der Waals surface area contributed by atoms with Crippen LogP contribution in [0.1, 0.15) is 42.0 Å². The summed E-state index contributed by atoms with van der Waals surface area (Å²) in [4.78, 5) is 12.5. The van der Waals surface area contributed by atoms with Gasteiger partial charge in [0, 0.05) is 16.5 Å². The standard InChI is InChI=1S/C17H21NO4S.2CH4/c1-5-17(2,3)16(19)18-13-10-6-8-12-9-7-11-14(15(12)13)23(20,21)22-4;;/h6-11H,5H2,1-4H3,(H,18,19);2*1H4. The molecule has 0 radical (unpaired) electrons. The third-order valence-electron chi connectivity index (χ3n) is 4.10. The molecule has 0 aromatic heterocycles. The van der Waals surface area contributed by atoms with Crippen molar-refractivity contribution >= 4 is 32.5 Å². The van der Waals surface area contributed by atoms with Gasteiger partial charge in [-0.25, -0.2) is 0 Å². The van der Waals surface area contributed by atoms with Crippen LogP contribution in [0, 0.1) is 5.41 Å². The highest BCUT2D eigenvalue weighted by molar-refractivity contribution is 7.87. The molecule has 0 fully saturated rings. The summed E-state index contributed by atoms with van der Waals surface area (Å²) in [6.07, 6.45) is 0.673. The first-order valence-electron chi connectivity index (χ1n) is 7.37. The van der Waals surface area contributed by atoms with Gasteiger partial charge in [-0.15, -0.1) is 0 Å². The minimum absolute atomic E-state index is 0. The normalized spacial score (nSPS) is 11.4. The van der Waals surface area contributed by atoms with Gasteiger partial charge in [-0.3, -0.25) is 8.98 Å². The van der Waals surface area contributed by atoms with Gasteiger partial charge in [0.25, 0.3) is 10.1 Å². The second kappa shape index (κ2) is 8.45. The Morgan fingerprint density at radius 1 is 1.12 bits per heavy atom. The van der Waals surface area contributed by atoms with E-state index in [9.17, 15) is 13.2 Å². The van der Waals surface area contributed by atoms with Gasteiger partial charge < -0.3 is 5.32 Å². The molecule has 6 heteroatoms. The second-order valence-corrected chi connectivity index (χ2v) is 7.65. The van der Waals surface area contributed by atoms with E-state index < -0.39 is 15.5 Å². The van der Waals surface area contributed by atoms with Crippen LogP contribution in [0.15, 0.2) is 41.3 Å². The molecule has 0 saturated heterocycles. The highest BCUT2D eigenvalue weighted by Gasteiger charge is 2.27. The molecule has 0 bridgehead atoms. The minimum atomic E-state index is -3.88. The number of carbonyl (C=O) groups is 1. The summed E-state index contributed by atoms with van der Waals surface area (Å²) in [6.45, 7) is 5.63. The Bertz CT molecular complexity index is 836. The lowest BCUT2D eigenvalue weighted by atomic mass is 9.89. The minimum Gasteiger partial charge on any atom is -0.325 e. The average Bonchev–Trinajstić information content (AvgIpc) is 2.54. The van der Waals surface area contributed by atoms with Crippen molar-refractivity contribution in [1.29, 1.82) is 0 Å². The van der Waals surface area contributed by atoms with Crippen LogP contribution < -0.4 is 5.32 Å². The second-order valence-electron chi connectivity index (χ2n) is 5.97. The summed E-state index contributed by atoms with van der Waals surface area (Å²) in [5.74, 6) is -0.155. The molecule has 0 aliphatic heterocycles. The molecule has 0 saturated carbocycles. The molecule has 0 heterocycles. The van der Waals surface area contributed by atoms with Gasteiger partial charge in [0.15, 0.2) is 0 Å². The monoisotopic (exact) mass is 367 g/mol. The molecule has 140 valence electrons. The number of nitrogens with one attached hydrogen (secondary N) is 1. The van der Waals surface area contributed by atoms with Gasteiger partial charge in [-0.1, -0.05) is 59.9 Å². The first-order valence-corrected chi connectivity index (χ1v) is 8.77. The molecular weight excluding hydrogens is 338 g/mol. The number of benzene rings is 2. The lowest BCUT2D eigenvalue weighted by molar-refractivity contribution is -0.124. The van der Waals surface area contributed by atoms with Gasteiger partial charge in [-0.2, -0.15) is 8.42 Å². The fourth-order valence-electron chi connectivity index (χ4n) is 2.16. The maximum atomic E-state index is 12.4. The van der Waals surface area contributed by atoms with E-state index >= 15 is 0 Å². The van der Waals surface area contributed by atoms with Crippen molar-refractivity contribution in [3.8, 4) is 0 Å². The van der Waals surface area contributed by atoms with Crippen molar-refractivity contribution < 1.29 is 17.4 Å². The smallest absolute Gasteiger partial charge is 0.297 e. The molecule has 0 unspecified atom stereocenters. The number of rotatable bonds is 5. The van der Waals surface area contributed by atoms with E-state index in [4.69, 9.17) is 0 Å². The van der Waals surface area contributed by atoms with E-state index in [-0.39, 0.29) is 25.7 Å². The van der Waals surface area contributed by atoms with Crippen molar-refractivity contribution in [2.45, 2.75) is 46.9 Å². The molecule has 2 aromatic carbocycles. The summed E-state index contributed by atoms with van der Waals surface area (Å²) >= 11 is 0. The first-order chi connectivity index (χ1) is 10.7. The van der Waals surface area contributed by atoms with Gasteiger partial charge in [0.2, 0.25) is 5.91 Å². The zero-order valence-electron chi connectivity index (χ0n) is 13.7. The number of carbonyl (C=O) groups excluding carboxylic acids is 1. The average molecular weight is 368 g/mol. The third-order valence-corrected chi connectivity index (χ3v) is 5.42. The van der Waals surface area contributed by atoms with Crippen LogP contribution in [0.25, 0.3) is 10.8 Å². The van der Waals surface area contributed by atoms with Gasteiger partial charge >= 0.3 is 0 Å². The molecule has 2 aromatic rings. The molecule has 1 amide bonds. The summed E-state index contributed by atoms with van der Waals surface area (Å²) in [5, 5.41) is 4.03. The van der Waals surface area contributed by atoms with E-state index in [1.165, 1.54) is 6.07 Å². The fourth-order valence-corrected chi connectivity index (χ4v) is 3.06. The number of hydrogen-bond donors (Lipinski definition) is 1. The molecule has 0 aliphatic rings. The Morgan fingerprint density at radius 2 is 1.68 bits per heavy atom. The maximum Gasteiger partial charge on any atom is 0.297 e. The number of anilines is 1. The molecule has 25 heavy (non-hydrogen) atoms. The molecular formula is C19H29NO4S. The molecule has 0 spiro atoms. The Hall–Kier alpha value is -1.92. The lowest BCUT2D eigenvalue weighted by Crippen LogP contribution is -2.30. The van der Waals surface area contributed by atoms with E-state index in [1.54, 1.807) is 30.3 Å². The van der Waals surface area contributed by atoms with Crippen molar-refractivity contribution in [3.05, 3.63) is 36.4 Å². The molecule has 5 nitrogen and oxygen atoms in total. The molecule has 0 atom stereocenters. The summed E-state index contributed by atoms with van der Waals surface area (Å²) < 4.78 is 29.0. The zero-order valence-corrected chi connectivity index (χ0v) is 14.5. The predicted molar refractivity (Wildman–Crippen MR) is 104 cm³/mol. The summed E-state index contributed by atoms with van der Waals surface area (Å²) in [7, 11) is -2.75. The molecule has 0 aliphatic carbocycles. The van der Waals surface area contributed by atoms with Crippen LogP contribution in [-0.4, -0.2) is 21.4 Å². The number of amides is 1. The van der Waals surface area contributed by atoms with Crippen molar-refractivity contribution in [1.82, 2.24) is 0 Å². The number of hydrogen-bond acceptors (Lipinski definition) is 4. The number of fused-ring (bicyclic) bond motifs is 1. The van der Waals surface area contributed by atoms with Crippen LogP contribution in [0.5, 0.6) is 0 Å². The largest absolute Gasteiger partial charge is 0.325 e. The highest BCUT2D eigenvalue weighted by Crippen LogP contribution is 2.32. The Kier molecular flexibility index (Phi) is 7.80. The van der Waals surface area contributed by atoms with Crippen LogP contribution in [0.4, 0.5) is 5.69 Å². The van der Waals surface area contributed by atoms with Crippen LogP contribution >= 0.6 is 0 Å². The van der Waals surface area contributed by atoms with Gasteiger partial charge in [0.1, 0.15) is 4.90 Å². The van der Waals surface area contributed by atoms with Crippen LogP contribution in [0.3, 0.4) is 0 Å². The van der Waals surface area contributed by atoms with E-state index in [0.29, 0.717) is 17.5 Å². The van der Waals surface area contributed by atoms with E-state index in [1.807, 2.05) is 20.8 Å². The van der Waals surface area contributed by atoms with Crippen LogP contribution in [0.2, 0.25) is 0 Å². The third kappa shape index (κ3) is 4.58. The van der Waals surface area contributed by atoms with Gasteiger partial charge in [-0.05, 0) is 23.9 Å². The Balaban J connectivity index is 0.00000288. The molecule has 2 rings (SSSR count). The van der Waals surface area contributed by atoms with Crippen molar-refractivity contribution in [2.75, 3.05) is 12.4 Å². The Morgan fingerprint density at radius 3 is 2.20 bits per heavy atom. The van der Waals surface area contributed by atoms with Crippen molar-refractivity contribution in [2.24, 2.45) is 5.41 Å². The Labute approximate surface area is 151 Å². The summed E-state index contributed by atoms with van der Waals surface area (Å²) in [6, 6.07) is 10.2. The van der Waals surface area contributed by atoms with Crippen LogP contribution in [-0.2, 0) is 19.1 Å². The fraction of sp³-hybridized carbons (Fsp3) is 0.421. The van der Waals surface area contributed by atoms with Gasteiger partial charge in [0.05, 0.1) is 7.11 Å². The topological polar surface area (TPSA) is 72.5 Å².